The molecule has 1 amide bonds. The van der Waals surface area contributed by atoms with Crippen LogP contribution in [0.5, 0.6) is 0 Å². The van der Waals surface area contributed by atoms with Crippen molar-refractivity contribution in [3.63, 3.8) is 0 Å². The van der Waals surface area contributed by atoms with Gasteiger partial charge in [0.2, 0.25) is 10.0 Å². The summed E-state index contributed by atoms with van der Waals surface area (Å²) < 4.78 is 33.3. The number of halogens is 1. The molecule has 1 saturated heterocycles. The average Bonchev–Trinajstić information content (AvgIpc) is 3.56. The Hall–Kier alpha value is -3.29. The highest BCUT2D eigenvalue weighted by Crippen LogP contribution is 2.27. The molecule has 44 heavy (non-hydrogen) atoms. The van der Waals surface area contributed by atoms with Crippen molar-refractivity contribution in [2.24, 2.45) is 0 Å². The lowest BCUT2D eigenvalue weighted by Crippen LogP contribution is -2.48. The minimum atomic E-state index is -3.59. The first kappa shape index (κ1) is 35.2. The molecule has 0 unspecified atom stereocenters. The van der Waals surface area contributed by atoms with Crippen LogP contribution >= 0.6 is 23.7 Å². The summed E-state index contributed by atoms with van der Waals surface area (Å²) in [5.74, 6) is 0.0547. The van der Waals surface area contributed by atoms with Gasteiger partial charge in [-0.1, -0.05) is 24.3 Å². The van der Waals surface area contributed by atoms with Crippen LogP contribution in [0.2, 0.25) is 0 Å². The van der Waals surface area contributed by atoms with E-state index in [2.05, 4.69) is 22.9 Å². The number of nitrogens with zero attached hydrogens (tertiary/aromatic N) is 4. The fraction of sp³-hybridized carbons (Fsp3) is 0.387. The number of carbonyl (C=O) groups is 1. The molecule has 10 nitrogen and oxygen atoms in total. The lowest BCUT2D eigenvalue weighted by molar-refractivity contribution is -0.384. The first-order valence-electron chi connectivity index (χ1n) is 14.2. The lowest BCUT2D eigenvalue weighted by Gasteiger charge is -2.38. The van der Waals surface area contributed by atoms with Gasteiger partial charge in [0, 0.05) is 51.4 Å². The van der Waals surface area contributed by atoms with E-state index in [1.807, 2.05) is 5.38 Å². The third-order valence-corrected chi connectivity index (χ3v) is 10.3. The molecule has 1 aromatic heterocycles. The van der Waals surface area contributed by atoms with Gasteiger partial charge in [0.15, 0.2) is 0 Å². The normalized spacial score (nSPS) is 14.9. The number of nitro benzene ring substituents is 1. The Bertz CT molecular complexity index is 1450. The molecule has 3 aromatic rings. The van der Waals surface area contributed by atoms with Gasteiger partial charge in [0.25, 0.3) is 5.69 Å². The first-order valence-corrected chi connectivity index (χ1v) is 16.6. The number of hydrogen-bond acceptors (Lipinski definition) is 8. The van der Waals surface area contributed by atoms with Gasteiger partial charge in [-0.2, -0.15) is 11.3 Å². The summed E-state index contributed by atoms with van der Waals surface area (Å²) >= 11 is 1.61. The molecule has 0 spiro atoms. The Morgan fingerprint density at radius 3 is 2.43 bits per heavy atom. The Morgan fingerprint density at radius 1 is 1.16 bits per heavy atom. The largest absolute Gasteiger partial charge is 0.445 e. The summed E-state index contributed by atoms with van der Waals surface area (Å²) in [6.07, 6.45) is 3.63. The van der Waals surface area contributed by atoms with Gasteiger partial charge in [-0.05, 0) is 83.9 Å². The fourth-order valence-electron chi connectivity index (χ4n) is 5.30. The molecule has 0 radical (unpaired) electrons. The molecule has 0 N–H and O–H groups in total. The van der Waals surface area contributed by atoms with E-state index in [1.54, 1.807) is 71.8 Å². The third-order valence-electron chi connectivity index (χ3n) is 7.80. The quantitative estimate of drug-likeness (QED) is 0.115. The Labute approximate surface area is 269 Å². The van der Waals surface area contributed by atoms with Crippen molar-refractivity contribution in [1.29, 1.82) is 0 Å². The fourth-order valence-corrected chi connectivity index (χ4v) is 7.28. The molecule has 0 aliphatic carbocycles. The summed E-state index contributed by atoms with van der Waals surface area (Å²) in [5.41, 5.74) is 1.80. The molecule has 238 valence electrons. The molecule has 2 heterocycles. The average molecular weight is 663 g/mol. The number of benzene rings is 2. The number of hydrogen-bond donors (Lipinski definition) is 0. The van der Waals surface area contributed by atoms with Crippen LogP contribution < -0.4 is 0 Å². The molecule has 1 fully saturated rings. The maximum absolute atomic E-state index is 13.2. The molecule has 2 aromatic carbocycles. The molecule has 1 atom stereocenters. The van der Waals surface area contributed by atoms with Crippen molar-refractivity contribution in [3.05, 3.63) is 105 Å². The zero-order valence-electron chi connectivity index (χ0n) is 24.7. The van der Waals surface area contributed by atoms with Crippen LogP contribution in [0.1, 0.15) is 36.3 Å². The van der Waals surface area contributed by atoms with E-state index in [1.165, 1.54) is 16.4 Å². The van der Waals surface area contributed by atoms with Crippen molar-refractivity contribution in [3.8, 4) is 0 Å². The third kappa shape index (κ3) is 9.35. The smallest absolute Gasteiger partial charge is 0.410 e. The Morgan fingerprint density at radius 2 is 1.84 bits per heavy atom. The molecule has 1 aliphatic rings. The van der Waals surface area contributed by atoms with Gasteiger partial charge in [-0.15, -0.1) is 19.0 Å². The Kier molecular flexibility index (Phi) is 13.3. The van der Waals surface area contributed by atoms with Gasteiger partial charge >= 0.3 is 6.09 Å². The lowest BCUT2D eigenvalue weighted by atomic mass is 9.97. The van der Waals surface area contributed by atoms with Gasteiger partial charge in [-0.25, -0.2) is 17.5 Å². The van der Waals surface area contributed by atoms with Crippen LogP contribution in [0.25, 0.3) is 0 Å². The van der Waals surface area contributed by atoms with E-state index in [-0.39, 0.29) is 36.7 Å². The number of likely N-dealkylation sites (N-methyl/N-ethyl adjacent to an activating group) is 1. The number of ether oxygens (including phenoxy) is 1. The van der Waals surface area contributed by atoms with Crippen molar-refractivity contribution in [2.45, 2.75) is 42.7 Å². The number of amides is 1. The van der Waals surface area contributed by atoms with E-state index >= 15 is 0 Å². The van der Waals surface area contributed by atoms with Crippen LogP contribution in [-0.2, 0) is 21.4 Å². The summed E-state index contributed by atoms with van der Waals surface area (Å²) in [5, 5.41) is 15.0. The van der Waals surface area contributed by atoms with E-state index < -0.39 is 21.0 Å². The van der Waals surface area contributed by atoms with Gasteiger partial charge in [-0.3, -0.25) is 10.1 Å². The number of non-ortho nitro benzene ring substituents is 1. The van der Waals surface area contributed by atoms with Crippen LogP contribution in [0, 0.1) is 10.1 Å². The minimum absolute atomic E-state index is 0. The maximum atomic E-state index is 13.2. The van der Waals surface area contributed by atoms with Crippen molar-refractivity contribution in [1.82, 2.24) is 14.1 Å². The van der Waals surface area contributed by atoms with Crippen LogP contribution in [0.4, 0.5) is 10.5 Å². The molecule has 13 heteroatoms. The van der Waals surface area contributed by atoms with Crippen LogP contribution in [0.15, 0.2) is 89.0 Å². The molecular formula is C31H39ClN4O6S2. The zero-order chi connectivity index (χ0) is 30.8. The molecular weight excluding hydrogens is 624 g/mol. The monoisotopic (exact) mass is 662 g/mol. The summed E-state index contributed by atoms with van der Waals surface area (Å²) in [7, 11) is -1.95. The van der Waals surface area contributed by atoms with E-state index in [0.717, 1.165) is 44.5 Å². The van der Waals surface area contributed by atoms with Gasteiger partial charge in [0.1, 0.15) is 6.61 Å². The molecule has 0 saturated carbocycles. The minimum Gasteiger partial charge on any atom is -0.445 e. The SMILES string of the molecule is C=CCN(C(=O)OCc1ccc([N+](=O)[O-])cc1)C1CCN(CC[C@@H](CN(C)S(=O)(=O)c2ccccc2)c2ccsc2)CC1.Cl. The summed E-state index contributed by atoms with van der Waals surface area (Å²) in [6.45, 7) is 7.02. The number of piperidine rings is 1. The number of sulfonamides is 1. The van der Waals surface area contributed by atoms with Gasteiger partial charge < -0.3 is 14.5 Å². The molecule has 4 rings (SSSR count). The molecule has 1 aliphatic heterocycles. The second-order valence-electron chi connectivity index (χ2n) is 10.6. The van der Waals surface area contributed by atoms with Crippen LogP contribution in [-0.4, -0.2) is 79.4 Å². The number of carbonyl (C=O) groups excluding carboxylic acids is 1. The van der Waals surface area contributed by atoms with Crippen molar-refractivity contribution < 1.29 is 22.9 Å². The highest BCUT2D eigenvalue weighted by molar-refractivity contribution is 7.89. The number of rotatable bonds is 14. The summed E-state index contributed by atoms with van der Waals surface area (Å²) in [6, 6.07) is 16.5. The summed E-state index contributed by atoms with van der Waals surface area (Å²) in [4.78, 5) is 27.7. The van der Waals surface area contributed by atoms with Crippen molar-refractivity contribution >= 4 is 45.5 Å². The number of likely N-dealkylation sites (tertiary alicyclic amines) is 1. The van der Waals surface area contributed by atoms with E-state index in [9.17, 15) is 23.3 Å². The number of nitro groups is 1. The maximum Gasteiger partial charge on any atom is 0.410 e. The highest BCUT2D eigenvalue weighted by atomic mass is 35.5. The second-order valence-corrected chi connectivity index (χ2v) is 13.5. The Balaban J connectivity index is 0.00000529. The topological polar surface area (TPSA) is 113 Å². The zero-order valence-corrected chi connectivity index (χ0v) is 27.1. The first-order chi connectivity index (χ1) is 20.7. The highest BCUT2D eigenvalue weighted by Gasteiger charge is 2.30. The van der Waals surface area contributed by atoms with E-state index in [0.29, 0.717) is 23.5 Å². The second kappa shape index (κ2) is 16.7. The standard InChI is InChI=1S/C31H38N4O6S2.ClH/c1-3-17-34(31(36)41-23-25-9-11-29(12-10-25)35(37)38)28-14-19-33(20-15-28)18-13-26(27-16-21-42-24-27)22-32(2)43(39,40)30-7-5-4-6-8-30;/h3-12,16,21,24,26,28H,1,13-15,17-20,22-23H2,2H3;1H/t26-;/m0./s1. The van der Waals surface area contributed by atoms with E-state index in [4.69, 9.17) is 4.74 Å². The molecule has 0 bridgehead atoms. The predicted molar refractivity (Wildman–Crippen MR) is 175 cm³/mol. The van der Waals surface area contributed by atoms with Crippen molar-refractivity contribution in [2.75, 3.05) is 39.8 Å². The van der Waals surface area contributed by atoms with Gasteiger partial charge in [0.05, 0.1) is 9.82 Å². The predicted octanol–water partition coefficient (Wildman–Crippen LogP) is 6.16. The van der Waals surface area contributed by atoms with Crippen LogP contribution in [0.3, 0.4) is 0 Å². The number of thiophene rings is 1.